The number of rotatable bonds is 8. The monoisotopic (exact) mass is 357 g/mol. The van der Waals surface area contributed by atoms with Crippen LogP contribution in [0, 0.1) is 6.92 Å². The number of hydrogen-bond acceptors (Lipinski definition) is 5. The van der Waals surface area contributed by atoms with E-state index in [-0.39, 0.29) is 12.5 Å². The molecule has 2 amide bonds. The maximum Gasteiger partial charge on any atom is 0.269 e. The van der Waals surface area contributed by atoms with Gasteiger partial charge in [-0.1, -0.05) is 17.7 Å². The van der Waals surface area contributed by atoms with E-state index in [0.717, 1.165) is 11.3 Å². The Morgan fingerprint density at radius 3 is 2.38 bits per heavy atom. The van der Waals surface area contributed by atoms with Gasteiger partial charge in [0.05, 0.1) is 12.8 Å². The van der Waals surface area contributed by atoms with E-state index in [1.54, 1.807) is 23.2 Å². The highest BCUT2D eigenvalue weighted by Crippen LogP contribution is 2.28. The van der Waals surface area contributed by atoms with Gasteiger partial charge in [0, 0.05) is 12.1 Å². The number of anilines is 1. The van der Waals surface area contributed by atoms with E-state index in [9.17, 15) is 9.59 Å². The van der Waals surface area contributed by atoms with Gasteiger partial charge in [0.15, 0.2) is 18.1 Å². The van der Waals surface area contributed by atoms with Crippen LogP contribution in [0.5, 0.6) is 11.5 Å². The Bertz CT molecular complexity index is 775. The molecule has 0 fully saturated rings. The number of nitrogens with zero attached hydrogens (tertiary/aromatic N) is 1. The summed E-state index contributed by atoms with van der Waals surface area (Å²) >= 11 is 0. The highest BCUT2D eigenvalue weighted by atomic mass is 16.5. The van der Waals surface area contributed by atoms with Crippen LogP contribution in [0.2, 0.25) is 0 Å². The number of hydrazine groups is 1. The second kappa shape index (κ2) is 8.75. The zero-order valence-electron chi connectivity index (χ0n) is 15.1. The first kappa shape index (κ1) is 19.1. The molecule has 7 heteroatoms. The summed E-state index contributed by atoms with van der Waals surface area (Å²) in [4.78, 5) is 23.4. The summed E-state index contributed by atoms with van der Waals surface area (Å²) < 4.78 is 10.5. The van der Waals surface area contributed by atoms with E-state index >= 15 is 0 Å². The van der Waals surface area contributed by atoms with Crippen molar-refractivity contribution in [2.45, 2.75) is 13.8 Å². The Morgan fingerprint density at radius 2 is 1.81 bits per heavy atom. The largest absolute Gasteiger partial charge is 0.493 e. The van der Waals surface area contributed by atoms with Gasteiger partial charge in [0.1, 0.15) is 0 Å². The lowest BCUT2D eigenvalue weighted by Gasteiger charge is -2.24. The summed E-state index contributed by atoms with van der Waals surface area (Å²) in [5.74, 6) is -0.191. The summed E-state index contributed by atoms with van der Waals surface area (Å²) in [5, 5.41) is 1.76. The normalized spacial score (nSPS) is 10.1. The quantitative estimate of drug-likeness (QED) is 0.705. The highest BCUT2D eigenvalue weighted by Gasteiger charge is 2.14. The number of ether oxygens (including phenoxy) is 2. The molecule has 3 N–H and O–H groups in total. The van der Waals surface area contributed by atoms with Gasteiger partial charge in [-0.2, -0.15) is 0 Å². The van der Waals surface area contributed by atoms with Gasteiger partial charge in [-0.25, -0.2) is 0 Å². The molecule has 2 aromatic rings. The molecular weight excluding hydrogens is 334 g/mol. The minimum absolute atomic E-state index is 0.265. The number of amides is 2. The summed E-state index contributed by atoms with van der Waals surface area (Å²) in [6, 6.07) is 12.6. The van der Waals surface area contributed by atoms with Gasteiger partial charge < -0.3 is 15.2 Å². The number of methoxy groups -OCH3 is 1. The Hall–Kier alpha value is -3.22. The molecule has 0 aliphatic heterocycles. The Morgan fingerprint density at radius 1 is 1.12 bits per heavy atom. The molecule has 0 aromatic heterocycles. The molecule has 0 heterocycles. The lowest BCUT2D eigenvalue weighted by Crippen LogP contribution is -2.42. The molecule has 138 valence electrons. The van der Waals surface area contributed by atoms with Gasteiger partial charge in [0.2, 0.25) is 0 Å². The van der Waals surface area contributed by atoms with E-state index in [0.29, 0.717) is 23.6 Å². The zero-order chi connectivity index (χ0) is 19.1. The third-order valence-corrected chi connectivity index (χ3v) is 3.69. The number of aryl methyl sites for hydroxylation is 1. The zero-order valence-corrected chi connectivity index (χ0v) is 15.1. The van der Waals surface area contributed by atoms with E-state index < -0.39 is 5.91 Å². The molecule has 0 saturated carbocycles. The second-order valence-corrected chi connectivity index (χ2v) is 5.64. The lowest BCUT2D eigenvalue weighted by atomic mass is 10.2. The number of nitrogens with one attached hydrogen (secondary N) is 1. The van der Waals surface area contributed by atoms with Crippen molar-refractivity contribution in [3.05, 3.63) is 53.6 Å². The van der Waals surface area contributed by atoms with Crippen LogP contribution in [0.1, 0.15) is 22.8 Å². The number of hydrogen-bond donors (Lipinski definition) is 2. The van der Waals surface area contributed by atoms with Crippen LogP contribution in [0.25, 0.3) is 0 Å². The minimum Gasteiger partial charge on any atom is -0.493 e. The topological polar surface area (TPSA) is 93.9 Å². The minimum atomic E-state index is -0.592. The van der Waals surface area contributed by atoms with Crippen molar-refractivity contribution in [3.63, 3.8) is 0 Å². The van der Waals surface area contributed by atoms with Gasteiger partial charge in [-0.05, 0) is 44.2 Å². The summed E-state index contributed by atoms with van der Waals surface area (Å²) in [6.45, 7) is 4.29. The van der Waals surface area contributed by atoms with Gasteiger partial charge in [-0.15, -0.1) is 0 Å². The van der Waals surface area contributed by atoms with Crippen LogP contribution in [0.15, 0.2) is 42.5 Å². The fourth-order valence-corrected chi connectivity index (χ4v) is 2.31. The van der Waals surface area contributed by atoms with Crippen LogP contribution < -0.4 is 25.6 Å². The molecular formula is C19H23N3O4. The third kappa shape index (κ3) is 4.89. The van der Waals surface area contributed by atoms with Crippen LogP contribution in [0.3, 0.4) is 0 Å². The lowest BCUT2D eigenvalue weighted by molar-refractivity contribution is -0.119. The average Bonchev–Trinajstić information content (AvgIpc) is 2.64. The SMILES string of the molecule is CCN(NC(=O)c1ccc(OCC(N)=O)c(OC)c1)c1ccc(C)cc1. The Kier molecular flexibility index (Phi) is 6.43. The molecule has 0 spiro atoms. The van der Waals surface area contributed by atoms with Crippen LogP contribution in [-0.4, -0.2) is 32.1 Å². The first-order valence-electron chi connectivity index (χ1n) is 8.19. The van der Waals surface area contributed by atoms with E-state index in [1.165, 1.54) is 7.11 Å². The summed E-state index contributed by atoms with van der Waals surface area (Å²) in [6.07, 6.45) is 0. The molecule has 0 aliphatic carbocycles. The maximum atomic E-state index is 12.6. The average molecular weight is 357 g/mol. The van der Waals surface area contributed by atoms with Crippen molar-refractivity contribution in [1.29, 1.82) is 0 Å². The molecule has 0 aliphatic rings. The molecule has 0 unspecified atom stereocenters. The van der Waals surface area contributed by atoms with Crippen LogP contribution in [0.4, 0.5) is 5.69 Å². The van der Waals surface area contributed by atoms with Crippen molar-refractivity contribution >= 4 is 17.5 Å². The standard InChI is InChI=1S/C19H23N3O4/c1-4-22(15-8-5-13(2)6-9-15)21-19(24)14-7-10-16(17(11-14)25-3)26-12-18(20)23/h5-11H,4,12H2,1-3H3,(H2,20,23)(H,21,24). The fourth-order valence-electron chi connectivity index (χ4n) is 2.31. The molecule has 0 bridgehead atoms. The van der Waals surface area contributed by atoms with Gasteiger partial charge in [-0.3, -0.25) is 20.0 Å². The smallest absolute Gasteiger partial charge is 0.269 e. The number of benzene rings is 2. The van der Waals surface area contributed by atoms with Gasteiger partial charge in [0.25, 0.3) is 11.8 Å². The second-order valence-electron chi connectivity index (χ2n) is 5.64. The maximum absolute atomic E-state index is 12.6. The molecule has 0 atom stereocenters. The predicted octanol–water partition coefficient (Wildman–Crippen LogP) is 2.04. The number of carbonyl (C=O) groups excluding carboxylic acids is 2. The molecule has 0 saturated heterocycles. The van der Waals surface area contributed by atoms with Crippen molar-refractivity contribution in [2.75, 3.05) is 25.3 Å². The van der Waals surface area contributed by atoms with Crippen LogP contribution in [-0.2, 0) is 4.79 Å². The molecule has 2 aromatic carbocycles. The number of carbonyl (C=O) groups is 2. The van der Waals surface area contributed by atoms with E-state index in [1.807, 2.05) is 38.1 Å². The highest BCUT2D eigenvalue weighted by molar-refractivity contribution is 5.95. The predicted molar refractivity (Wildman–Crippen MR) is 99.3 cm³/mol. The van der Waals surface area contributed by atoms with E-state index in [2.05, 4.69) is 5.43 Å². The first-order chi connectivity index (χ1) is 12.4. The molecule has 0 radical (unpaired) electrons. The van der Waals surface area contributed by atoms with Crippen molar-refractivity contribution in [2.24, 2.45) is 5.73 Å². The fraction of sp³-hybridized carbons (Fsp3) is 0.263. The summed E-state index contributed by atoms with van der Waals surface area (Å²) in [7, 11) is 1.46. The van der Waals surface area contributed by atoms with Crippen molar-refractivity contribution < 1.29 is 19.1 Å². The number of nitrogens with two attached hydrogens (primary N) is 1. The first-order valence-corrected chi connectivity index (χ1v) is 8.19. The van der Waals surface area contributed by atoms with E-state index in [4.69, 9.17) is 15.2 Å². The number of primary amides is 1. The molecule has 26 heavy (non-hydrogen) atoms. The third-order valence-electron chi connectivity index (χ3n) is 3.69. The van der Waals surface area contributed by atoms with Crippen LogP contribution >= 0.6 is 0 Å². The Labute approximate surface area is 152 Å². The van der Waals surface area contributed by atoms with Crippen molar-refractivity contribution in [1.82, 2.24) is 5.43 Å². The molecule has 2 rings (SSSR count). The Balaban J connectivity index is 2.14. The van der Waals surface area contributed by atoms with Crippen molar-refractivity contribution in [3.8, 4) is 11.5 Å². The summed E-state index contributed by atoms with van der Waals surface area (Å²) in [5.41, 5.74) is 10.4. The molecule has 7 nitrogen and oxygen atoms in total. The van der Waals surface area contributed by atoms with Gasteiger partial charge >= 0.3 is 0 Å².